The molecule has 0 fully saturated rings. The standard InChI is InChI=1S/C15H20N2OS/c1-11-8-13(9-16-12(2)10-19(3)18)14-6-4-5-7-15(14)17-11/h4-8,12,16H,9-10H2,1-3H3. The van der Waals surface area contributed by atoms with Crippen LogP contribution in [0.15, 0.2) is 30.3 Å². The van der Waals surface area contributed by atoms with Crippen LogP contribution in [-0.2, 0) is 17.3 Å². The fourth-order valence-corrected chi connectivity index (χ4v) is 3.06. The van der Waals surface area contributed by atoms with Gasteiger partial charge >= 0.3 is 0 Å². The number of aromatic nitrogens is 1. The van der Waals surface area contributed by atoms with E-state index in [-0.39, 0.29) is 6.04 Å². The Morgan fingerprint density at radius 3 is 2.84 bits per heavy atom. The van der Waals surface area contributed by atoms with Crippen molar-refractivity contribution < 1.29 is 4.21 Å². The minimum atomic E-state index is -0.760. The maximum Gasteiger partial charge on any atom is 0.0708 e. The molecule has 0 bridgehead atoms. The predicted molar refractivity (Wildman–Crippen MR) is 81.7 cm³/mol. The van der Waals surface area contributed by atoms with E-state index < -0.39 is 10.8 Å². The highest BCUT2D eigenvalue weighted by Crippen LogP contribution is 2.18. The first kappa shape index (κ1) is 14.2. The van der Waals surface area contributed by atoms with Gasteiger partial charge in [-0.2, -0.15) is 0 Å². The summed E-state index contributed by atoms with van der Waals surface area (Å²) >= 11 is 0. The molecule has 1 aromatic heterocycles. The first-order valence-electron chi connectivity index (χ1n) is 6.45. The molecule has 0 aliphatic carbocycles. The van der Waals surface area contributed by atoms with Gasteiger partial charge in [-0.3, -0.25) is 9.19 Å². The molecule has 4 heteroatoms. The Balaban J connectivity index is 2.18. The molecule has 0 aliphatic heterocycles. The second-order valence-corrected chi connectivity index (χ2v) is 6.44. The Morgan fingerprint density at radius 1 is 1.37 bits per heavy atom. The number of pyridine rings is 1. The van der Waals surface area contributed by atoms with E-state index in [9.17, 15) is 4.21 Å². The maximum atomic E-state index is 11.2. The van der Waals surface area contributed by atoms with Gasteiger partial charge in [0.15, 0.2) is 0 Å². The smallest absolute Gasteiger partial charge is 0.0708 e. The number of aryl methyl sites for hydroxylation is 1. The Bertz CT molecular complexity index is 598. The van der Waals surface area contributed by atoms with E-state index in [0.29, 0.717) is 5.75 Å². The molecule has 2 unspecified atom stereocenters. The van der Waals surface area contributed by atoms with Gasteiger partial charge in [0.1, 0.15) is 0 Å². The van der Waals surface area contributed by atoms with Gasteiger partial charge in [-0.05, 0) is 31.5 Å². The van der Waals surface area contributed by atoms with Crippen LogP contribution in [0.5, 0.6) is 0 Å². The van der Waals surface area contributed by atoms with E-state index in [1.54, 1.807) is 6.26 Å². The predicted octanol–water partition coefficient (Wildman–Crippen LogP) is 2.40. The van der Waals surface area contributed by atoms with Crippen molar-refractivity contribution in [3.8, 4) is 0 Å². The van der Waals surface area contributed by atoms with Crippen LogP contribution in [-0.4, -0.2) is 27.2 Å². The van der Waals surface area contributed by atoms with Gasteiger partial charge < -0.3 is 5.32 Å². The van der Waals surface area contributed by atoms with Crippen molar-refractivity contribution in [2.75, 3.05) is 12.0 Å². The van der Waals surface area contributed by atoms with Crippen LogP contribution in [0.1, 0.15) is 18.2 Å². The van der Waals surface area contributed by atoms with E-state index in [1.807, 2.05) is 25.1 Å². The largest absolute Gasteiger partial charge is 0.309 e. The first-order chi connectivity index (χ1) is 9.06. The zero-order valence-corrected chi connectivity index (χ0v) is 12.5. The number of fused-ring (bicyclic) bond motifs is 1. The third-order valence-corrected chi connectivity index (χ3v) is 4.03. The zero-order chi connectivity index (χ0) is 13.8. The lowest BCUT2D eigenvalue weighted by atomic mass is 10.1. The van der Waals surface area contributed by atoms with Crippen molar-refractivity contribution in [2.45, 2.75) is 26.4 Å². The lowest BCUT2D eigenvalue weighted by Crippen LogP contribution is -2.30. The number of nitrogens with one attached hydrogen (secondary N) is 1. The molecule has 0 saturated heterocycles. The highest BCUT2D eigenvalue weighted by Gasteiger charge is 2.07. The van der Waals surface area contributed by atoms with Crippen LogP contribution < -0.4 is 5.32 Å². The van der Waals surface area contributed by atoms with Crippen LogP contribution in [0.3, 0.4) is 0 Å². The summed E-state index contributed by atoms with van der Waals surface area (Å²) < 4.78 is 11.2. The molecule has 0 saturated carbocycles. The van der Waals surface area contributed by atoms with E-state index in [4.69, 9.17) is 0 Å². The molecule has 2 atom stereocenters. The van der Waals surface area contributed by atoms with Crippen molar-refractivity contribution in [3.63, 3.8) is 0 Å². The Kier molecular flexibility index (Phi) is 4.66. The van der Waals surface area contributed by atoms with Crippen LogP contribution in [0.4, 0.5) is 0 Å². The van der Waals surface area contributed by atoms with E-state index >= 15 is 0 Å². The molecule has 1 heterocycles. The Labute approximate surface area is 116 Å². The summed E-state index contributed by atoms with van der Waals surface area (Å²) in [4.78, 5) is 4.54. The zero-order valence-electron chi connectivity index (χ0n) is 11.6. The molecule has 0 amide bonds. The molecule has 1 aromatic carbocycles. The highest BCUT2D eigenvalue weighted by molar-refractivity contribution is 7.84. The molecule has 102 valence electrons. The van der Waals surface area contributed by atoms with Crippen LogP contribution >= 0.6 is 0 Å². The second kappa shape index (κ2) is 6.26. The van der Waals surface area contributed by atoms with E-state index in [1.165, 1.54) is 10.9 Å². The van der Waals surface area contributed by atoms with Crippen LogP contribution in [0.2, 0.25) is 0 Å². The van der Waals surface area contributed by atoms with Gasteiger partial charge in [-0.1, -0.05) is 18.2 Å². The quantitative estimate of drug-likeness (QED) is 0.912. The van der Waals surface area contributed by atoms with Crippen molar-refractivity contribution >= 4 is 21.7 Å². The van der Waals surface area contributed by atoms with Gasteiger partial charge in [0.25, 0.3) is 0 Å². The average Bonchev–Trinajstić information content (AvgIpc) is 2.35. The summed E-state index contributed by atoms with van der Waals surface area (Å²) in [5, 5.41) is 4.61. The first-order valence-corrected chi connectivity index (χ1v) is 8.17. The number of hydrogen-bond donors (Lipinski definition) is 1. The summed E-state index contributed by atoms with van der Waals surface area (Å²) in [6.07, 6.45) is 1.74. The summed E-state index contributed by atoms with van der Waals surface area (Å²) in [5.41, 5.74) is 3.31. The number of benzene rings is 1. The van der Waals surface area contributed by atoms with Gasteiger partial charge in [0.05, 0.1) is 5.52 Å². The molecule has 3 nitrogen and oxygen atoms in total. The van der Waals surface area contributed by atoms with Crippen molar-refractivity contribution in [1.29, 1.82) is 0 Å². The van der Waals surface area contributed by atoms with Crippen molar-refractivity contribution in [3.05, 3.63) is 41.6 Å². The van der Waals surface area contributed by atoms with Crippen molar-refractivity contribution in [1.82, 2.24) is 10.3 Å². The second-order valence-electron chi connectivity index (χ2n) is 4.96. The van der Waals surface area contributed by atoms with E-state index in [2.05, 4.69) is 29.4 Å². The van der Waals surface area contributed by atoms with Gasteiger partial charge in [0.2, 0.25) is 0 Å². The topological polar surface area (TPSA) is 42.0 Å². The molecule has 1 N–H and O–H groups in total. The molecule has 19 heavy (non-hydrogen) atoms. The fourth-order valence-electron chi connectivity index (χ4n) is 2.24. The normalized spacial score (nSPS) is 14.5. The van der Waals surface area contributed by atoms with Crippen LogP contribution in [0.25, 0.3) is 10.9 Å². The molecular weight excluding hydrogens is 256 g/mol. The number of para-hydroxylation sites is 1. The average molecular weight is 276 g/mol. The fraction of sp³-hybridized carbons (Fsp3) is 0.400. The Hall–Kier alpha value is -1.26. The van der Waals surface area contributed by atoms with Gasteiger partial charge in [-0.15, -0.1) is 0 Å². The number of hydrogen-bond acceptors (Lipinski definition) is 3. The molecule has 0 spiro atoms. The van der Waals surface area contributed by atoms with Gasteiger partial charge in [-0.25, -0.2) is 0 Å². The summed E-state index contributed by atoms with van der Waals surface area (Å²) in [5.74, 6) is 0.683. The third kappa shape index (κ3) is 3.85. The maximum absolute atomic E-state index is 11.2. The monoisotopic (exact) mass is 276 g/mol. The van der Waals surface area contributed by atoms with Gasteiger partial charge in [0, 0.05) is 46.5 Å². The molecule has 0 aliphatic rings. The summed E-state index contributed by atoms with van der Waals surface area (Å²) in [6, 6.07) is 10.5. The summed E-state index contributed by atoms with van der Waals surface area (Å²) in [7, 11) is -0.760. The number of nitrogens with zero attached hydrogens (tertiary/aromatic N) is 1. The van der Waals surface area contributed by atoms with E-state index in [0.717, 1.165) is 17.8 Å². The summed E-state index contributed by atoms with van der Waals surface area (Å²) in [6.45, 7) is 4.86. The molecular formula is C15H20N2OS. The molecule has 2 rings (SSSR count). The number of rotatable bonds is 5. The molecule has 0 radical (unpaired) electrons. The lowest BCUT2D eigenvalue weighted by Gasteiger charge is -2.14. The minimum absolute atomic E-state index is 0.248. The van der Waals surface area contributed by atoms with Crippen LogP contribution in [0, 0.1) is 6.92 Å². The lowest BCUT2D eigenvalue weighted by molar-refractivity contribution is 0.588. The molecule has 2 aromatic rings. The minimum Gasteiger partial charge on any atom is -0.309 e. The third-order valence-electron chi connectivity index (χ3n) is 3.06. The SMILES string of the molecule is Cc1cc(CNC(C)CS(C)=O)c2ccccc2n1. The highest BCUT2D eigenvalue weighted by atomic mass is 32.2. The Morgan fingerprint density at radius 2 is 2.11 bits per heavy atom. The van der Waals surface area contributed by atoms with Crippen molar-refractivity contribution in [2.24, 2.45) is 0 Å².